The minimum absolute atomic E-state index is 0.0913. The van der Waals surface area contributed by atoms with Crippen LogP contribution in [0.2, 0.25) is 0 Å². The van der Waals surface area contributed by atoms with E-state index in [1.54, 1.807) is 0 Å². The monoisotopic (exact) mass is 469 g/mol. The molecule has 1 aliphatic heterocycles. The number of hydrogen-bond acceptors (Lipinski definition) is 2. The Morgan fingerprint density at radius 2 is 1.52 bits per heavy atom. The minimum Gasteiger partial charge on any atom is -0.481 e. The van der Waals surface area contributed by atoms with Gasteiger partial charge < -0.3 is 5.11 Å². The van der Waals surface area contributed by atoms with E-state index in [0.29, 0.717) is 30.5 Å². The number of carbonyl (C=O) groups is 1. The SMILES string of the molecule is C#CC(c1ccc(C(F)(F)F)cc1)N1CCC(CC(=O)O)CC1c1ccc(C(F)(F)F)cc1. The second kappa shape index (κ2) is 9.48. The second-order valence-electron chi connectivity index (χ2n) is 8.05. The van der Waals surface area contributed by atoms with Crippen LogP contribution in [-0.2, 0) is 17.1 Å². The first-order chi connectivity index (χ1) is 15.4. The standard InChI is InChI=1S/C24H21F6NO2/c1-2-20(16-3-7-18(8-4-16)23(25,26)27)31-12-11-15(14-22(32)33)13-21(31)17-5-9-19(10-6-17)24(28,29)30/h1,3-10,15,20-21H,11-14H2,(H,32,33). The number of benzene rings is 2. The van der Waals surface area contributed by atoms with Gasteiger partial charge in [-0.2, -0.15) is 26.3 Å². The van der Waals surface area contributed by atoms with Crippen LogP contribution >= 0.6 is 0 Å². The van der Waals surface area contributed by atoms with Crippen molar-refractivity contribution >= 4 is 5.97 Å². The summed E-state index contributed by atoms with van der Waals surface area (Å²) in [5.41, 5.74) is -0.655. The Balaban J connectivity index is 1.94. The summed E-state index contributed by atoms with van der Waals surface area (Å²) < 4.78 is 77.7. The van der Waals surface area contributed by atoms with Crippen molar-refractivity contribution in [2.75, 3.05) is 6.54 Å². The molecule has 1 saturated heterocycles. The number of alkyl halides is 6. The Morgan fingerprint density at radius 3 is 1.97 bits per heavy atom. The summed E-state index contributed by atoms with van der Waals surface area (Å²) >= 11 is 0. The summed E-state index contributed by atoms with van der Waals surface area (Å²) in [7, 11) is 0. The lowest BCUT2D eigenvalue weighted by molar-refractivity contribution is -0.139. The van der Waals surface area contributed by atoms with Crippen molar-refractivity contribution in [3.8, 4) is 12.3 Å². The highest BCUT2D eigenvalue weighted by molar-refractivity contribution is 5.67. The molecule has 0 radical (unpaired) electrons. The van der Waals surface area contributed by atoms with Gasteiger partial charge in [-0.25, -0.2) is 0 Å². The van der Waals surface area contributed by atoms with E-state index in [0.717, 1.165) is 24.3 Å². The molecule has 33 heavy (non-hydrogen) atoms. The Labute approximate surface area is 187 Å². The van der Waals surface area contributed by atoms with E-state index in [1.165, 1.54) is 24.3 Å². The molecule has 0 spiro atoms. The lowest BCUT2D eigenvalue weighted by atomic mass is 9.83. The molecule has 3 rings (SSSR count). The predicted molar refractivity (Wildman–Crippen MR) is 109 cm³/mol. The molecule has 0 aliphatic carbocycles. The highest BCUT2D eigenvalue weighted by Gasteiger charge is 2.36. The topological polar surface area (TPSA) is 40.5 Å². The van der Waals surface area contributed by atoms with Gasteiger partial charge >= 0.3 is 18.3 Å². The zero-order chi connectivity index (χ0) is 24.4. The molecule has 2 aromatic rings. The Kier molecular flexibility index (Phi) is 7.08. The number of nitrogens with zero attached hydrogens (tertiary/aromatic N) is 1. The Hall–Kier alpha value is -2.99. The van der Waals surface area contributed by atoms with E-state index in [2.05, 4.69) is 5.92 Å². The average molecular weight is 469 g/mol. The number of halogens is 6. The molecule has 0 saturated carbocycles. The van der Waals surface area contributed by atoms with Crippen LogP contribution < -0.4 is 0 Å². The molecule has 1 aliphatic rings. The molecule has 1 fully saturated rings. The van der Waals surface area contributed by atoms with Gasteiger partial charge in [-0.3, -0.25) is 9.69 Å². The molecule has 1 heterocycles. The number of carboxylic acid groups (broad SMARTS) is 1. The molecule has 2 aromatic carbocycles. The Bertz CT molecular complexity index is 1010. The number of likely N-dealkylation sites (tertiary alicyclic amines) is 1. The van der Waals surface area contributed by atoms with Crippen LogP contribution in [0.15, 0.2) is 48.5 Å². The summed E-state index contributed by atoms with van der Waals surface area (Å²) in [6.45, 7) is 0.347. The molecule has 1 N–H and O–H groups in total. The van der Waals surface area contributed by atoms with E-state index in [-0.39, 0.29) is 12.3 Å². The lowest BCUT2D eigenvalue weighted by Crippen LogP contribution is -2.39. The number of piperidine rings is 1. The van der Waals surface area contributed by atoms with Gasteiger partial charge in [0.25, 0.3) is 0 Å². The first-order valence-electron chi connectivity index (χ1n) is 10.2. The quantitative estimate of drug-likeness (QED) is 0.411. The number of carboxylic acids is 1. The van der Waals surface area contributed by atoms with Crippen LogP contribution in [0.3, 0.4) is 0 Å². The fourth-order valence-electron chi connectivity index (χ4n) is 4.26. The smallest absolute Gasteiger partial charge is 0.416 e. The molecule has 3 unspecified atom stereocenters. The van der Waals surface area contributed by atoms with Gasteiger partial charge in [0.2, 0.25) is 0 Å². The van der Waals surface area contributed by atoms with Crippen molar-refractivity contribution < 1.29 is 36.2 Å². The van der Waals surface area contributed by atoms with Crippen molar-refractivity contribution in [3.63, 3.8) is 0 Å². The van der Waals surface area contributed by atoms with Crippen LogP contribution in [0.4, 0.5) is 26.3 Å². The number of rotatable bonds is 5. The van der Waals surface area contributed by atoms with E-state index >= 15 is 0 Å². The van der Waals surface area contributed by atoms with Crippen LogP contribution in [-0.4, -0.2) is 22.5 Å². The van der Waals surface area contributed by atoms with Crippen LogP contribution in [0.25, 0.3) is 0 Å². The molecule has 9 heteroatoms. The summed E-state index contributed by atoms with van der Waals surface area (Å²) in [5.74, 6) is 1.40. The first-order valence-corrected chi connectivity index (χ1v) is 10.2. The average Bonchev–Trinajstić information content (AvgIpc) is 2.74. The second-order valence-corrected chi connectivity index (χ2v) is 8.05. The maximum Gasteiger partial charge on any atom is 0.416 e. The van der Waals surface area contributed by atoms with Crippen molar-refractivity contribution in [1.82, 2.24) is 4.90 Å². The van der Waals surface area contributed by atoms with Crippen molar-refractivity contribution in [2.45, 2.75) is 43.7 Å². The van der Waals surface area contributed by atoms with Crippen LogP contribution in [0.5, 0.6) is 0 Å². The first kappa shape index (κ1) is 24.6. The highest BCUT2D eigenvalue weighted by Crippen LogP contribution is 2.42. The predicted octanol–water partition coefficient (Wildman–Crippen LogP) is 6.33. The largest absolute Gasteiger partial charge is 0.481 e. The molecule has 176 valence electrons. The van der Waals surface area contributed by atoms with Gasteiger partial charge in [-0.05, 0) is 54.2 Å². The van der Waals surface area contributed by atoms with Crippen molar-refractivity contribution in [3.05, 3.63) is 70.8 Å². The molecular formula is C24H21F6NO2. The molecule has 0 aromatic heterocycles. The zero-order valence-electron chi connectivity index (χ0n) is 17.3. The normalized spacial score (nSPS) is 20.8. The summed E-state index contributed by atoms with van der Waals surface area (Å²) in [6.07, 6.45) is -2.52. The molecule has 0 amide bonds. The van der Waals surface area contributed by atoms with E-state index in [9.17, 15) is 36.2 Å². The zero-order valence-corrected chi connectivity index (χ0v) is 17.3. The van der Waals surface area contributed by atoms with E-state index < -0.39 is 41.5 Å². The van der Waals surface area contributed by atoms with Crippen molar-refractivity contribution in [1.29, 1.82) is 0 Å². The van der Waals surface area contributed by atoms with Gasteiger partial charge in [0.15, 0.2) is 0 Å². The highest BCUT2D eigenvalue weighted by atomic mass is 19.4. The summed E-state index contributed by atoms with van der Waals surface area (Å²) in [4.78, 5) is 13.0. The summed E-state index contributed by atoms with van der Waals surface area (Å²) in [5, 5.41) is 9.18. The minimum atomic E-state index is -4.50. The number of hydrogen-bond donors (Lipinski definition) is 1. The third-order valence-corrected chi connectivity index (χ3v) is 5.88. The molecular weight excluding hydrogens is 448 g/mol. The fourth-order valence-corrected chi connectivity index (χ4v) is 4.26. The molecule has 0 bridgehead atoms. The maximum absolute atomic E-state index is 13.0. The Morgan fingerprint density at radius 1 is 1.00 bits per heavy atom. The van der Waals surface area contributed by atoms with Crippen LogP contribution in [0, 0.1) is 18.3 Å². The number of terminal acetylenes is 1. The number of aliphatic carboxylic acids is 1. The van der Waals surface area contributed by atoms with Gasteiger partial charge in [-0.1, -0.05) is 30.2 Å². The fraction of sp³-hybridized carbons (Fsp3) is 0.375. The van der Waals surface area contributed by atoms with E-state index in [4.69, 9.17) is 6.42 Å². The van der Waals surface area contributed by atoms with Gasteiger partial charge in [0, 0.05) is 19.0 Å². The molecule has 3 atom stereocenters. The van der Waals surface area contributed by atoms with Gasteiger partial charge in [0.05, 0.1) is 17.2 Å². The molecule has 3 nitrogen and oxygen atoms in total. The maximum atomic E-state index is 13.0. The third kappa shape index (κ3) is 5.88. The third-order valence-electron chi connectivity index (χ3n) is 5.88. The summed E-state index contributed by atoms with van der Waals surface area (Å²) in [6, 6.07) is 7.82. The van der Waals surface area contributed by atoms with E-state index in [1.807, 2.05) is 4.90 Å². The van der Waals surface area contributed by atoms with Gasteiger partial charge in [-0.15, -0.1) is 6.42 Å². The lowest BCUT2D eigenvalue weighted by Gasteiger charge is -2.42. The van der Waals surface area contributed by atoms with Crippen molar-refractivity contribution in [2.24, 2.45) is 5.92 Å². The van der Waals surface area contributed by atoms with Gasteiger partial charge in [0.1, 0.15) is 0 Å². The van der Waals surface area contributed by atoms with Crippen LogP contribution in [0.1, 0.15) is 53.6 Å².